The fourth-order valence-electron chi connectivity index (χ4n) is 2.80. The third-order valence-electron chi connectivity index (χ3n) is 4.09. The van der Waals surface area contributed by atoms with Gasteiger partial charge in [-0.25, -0.2) is 0 Å². The van der Waals surface area contributed by atoms with Crippen LogP contribution in [-0.2, 0) is 6.42 Å². The van der Waals surface area contributed by atoms with E-state index < -0.39 is 0 Å². The lowest BCUT2D eigenvalue weighted by Crippen LogP contribution is -2.58. The van der Waals surface area contributed by atoms with Gasteiger partial charge in [0.2, 0.25) is 0 Å². The highest BCUT2D eigenvalue weighted by Gasteiger charge is 2.28. The van der Waals surface area contributed by atoms with E-state index in [1.807, 2.05) is 12.1 Å². The molecule has 1 heterocycles. The Labute approximate surface area is 130 Å². The van der Waals surface area contributed by atoms with E-state index in [0.717, 1.165) is 41.8 Å². The van der Waals surface area contributed by atoms with E-state index >= 15 is 0 Å². The van der Waals surface area contributed by atoms with E-state index in [4.69, 9.17) is 10.5 Å². The summed E-state index contributed by atoms with van der Waals surface area (Å²) in [5, 5.41) is 0. The fourth-order valence-corrected chi connectivity index (χ4v) is 3.21. The molecule has 0 bridgehead atoms. The molecule has 0 spiro atoms. The van der Waals surface area contributed by atoms with E-state index in [-0.39, 0.29) is 6.04 Å². The van der Waals surface area contributed by atoms with E-state index in [1.54, 1.807) is 7.11 Å². The largest absolute Gasteiger partial charge is 0.496 e. The van der Waals surface area contributed by atoms with Crippen LogP contribution in [0.15, 0.2) is 22.7 Å². The van der Waals surface area contributed by atoms with Gasteiger partial charge in [-0.1, -0.05) is 15.9 Å². The van der Waals surface area contributed by atoms with Crippen molar-refractivity contribution in [3.63, 3.8) is 0 Å². The number of hydrogen-bond donors (Lipinski definition) is 1. The summed E-state index contributed by atoms with van der Waals surface area (Å²) in [5.41, 5.74) is 7.63. The molecule has 0 radical (unpaired) electrons. The molecule has 1 aliphatic heterocycles. The predicted octanol–water partition coefficient (Wildman–Crippen LogP) is 1.57. The number of nitrogens with zero attached hydrogens (tertiary/aromatic N) is 2. The molecule has 2 rings (SSSR count). The summed E-state index contributed by atoms with van der Waals surface area (Å²) in [5.74, 6) is 0.912. The zero-order valence-electron chi connectivity index (χ0n) is 12.5. The van der Waals surface area contributed by atoms with Crippen LogP contribution in [-0.4, -0.2) is 62.7 Å². The smallest absolute Gasteiger partial charge is 0.122 e. The van der Waals surface area contributed by atoms with Crippen LogP contribution in [0, 0.1) is 0 Å². The van der Waals surface area contributed by atoms with Crippen molar-refractivity contribution in [2.45, 2.75) is 18.5 Å². The van der Waals surface area contributed by atoms with Gasteiger partial charge in [0.1, 0.15) is 5.75 Å². The normalized spacial score (nSPS) is 22.8. The molecular weight excluding hydrogens is 318 g/mol. The van der Waals surface area contributed by atoms with E-state index in [1.165, 1.54) is 0 Å². The molecule has 1 aromatic rings. The highest BCUT2D eigenvalue weighted by molar-refractivity contribution is 9.10. The third-order valence-corrected chi connectivity index (χ3v) is 4.58. The van der Waals surface area contributed by atoms with Gasteiger partial charge in [0.25, 0.3) is 0 Å². The van der Waals surface area contributed by atoms with Gasteiger partial charge < -0.3 is 15.4 Å². The molecule has 5 heteroatoms. The maximum Gasteiger partial charge on any atom is 0.122 e. The van der Waals surface area contributed by atoms with Crippen LogP contribution in [0.3, 0.4) is 0 Å². The first kappa shape index (κ1) is 15.8. The average Bonchev–Trinajstić information content (AvgIpc) is 2.41. The zero-order valence-corrected chi connectivity index (χ0v) is 14.1. The van der Waals surface area contributed by atoms with Gasteiger partial charge in [0.05, 0.1) is 7.11 Å². The molecule has 1 aliphatic rings. The van der Waals surface area contributed by atoms with Crippen molar-refractivity contribution < 1.29 is 4.74 Å². The van der Waals surface area contributed by atoms with Gasteiger partial charge in [0.15, 0.2) is 0 Å². The molecule has 0 aromatic heterocycles. The quantitative estimate of drug-likeness (QED) is 0.902. The Hall–Kier alpha value is -0.620. The van der Waals surface area contributed by atoms with Crippen molar-refractivity contribution in [2.75, 3.05) is 40.8 Å². The SMILES string of the molecule is COc1ccc(Br)cc1CC(N)C1CN(C)CCN1C. The summed E-state index contributed by atoms with van der Waals surface area (Å²) < 4.78 is 6.50. The molecule has 2 atom stereocenters. The van der Waals surface area contributed by atoms with Crippen molar-refractivity contribution in [1.29, 1.82) is 0 Å². The van der Waals surface area contributed by atoms with Crippen LogP contribution < -0.4 is 10.5 Å². The van der Waals surface area contributed by atoms with Crippen LogP contribution >= 0.6 is 15.9 Å². The number of benzene rings is 1. The molecule has 0 saturated carbocycles. The Bertz CT molecular complexity index is 455. The van der Waals surface area contributed by atoms with Crippen LogP contribution in [0.2, 0.25) is 0 Å². The highest BCUT2D eigenvalue weighted by Crippen LogP contribution is 2.25. The average molecular weight is 342 g/mol. The van der Waals surface area contributed by atoms with Crippen molar-refractivity contribution in [3.05, 3.63) is 28.2 Å². The molecular formula is C15H24BrN3O. The fraction of sp³-hybridized carbons (Fsp3) is 0.600. The topological polar surface area (TPSA) is 41.7 Å². The summed E-state index contributed by atoms with van der Waals surface area (Å²) in [6, 6.07) is 6.58. The molecule has 0 amide bonds. The molecule has 20 heavy (non-hydrogen) atoms. The minimum atomic E-state index is 0.103. The molecule has 1 fully saturated rings. The van der Waals surface area contributed by atoms with Crippen LogP contribution in [0.4, 0.5) is 0 Å². The second-order valence-electron chi connectivity index (χ2n) is 5.63. The summed E-state index contributed by atoms with van der Waals surface area (Å²) in [6.45, 7) is 3.21. The number of halogens is 1. The van der Waals surface area contributed by atoms with Gasteiger partial charge in [-0.3, -0.25) is 4.90 Å². The van der Waals surface area contributed by atoms with Gasteiger partial charge in [0, 0.05) is 36.2 Å². The lowest BCUT2D eigenvalue weighted by Gasteiger charge is -2.40. The summed E-state index contributed by atoms with van der Waals surface area (Å²) >= 11 is 3.52. The van der Waals surface area contributed by atoms with E-state index in [9.17, 15) is 0 Å². The highest BCUT2D eigenvalue weighted by atomic mass is 79.9. The maximum absolute atomic E-state index is 6.47. The van der Waals surface area contributed by atoms with Gasteiger partial charge in [-0.05, 0) is 44.3 Å². The predicted molar refractivity (Wildman–Crippen MR) is 86.3 cm³/mol. The Kier molecular flexibility index (Phi) is 5.43. The maximum atomic E-state index is 6.47. The Morgan fingerprint density at radius 3 is 2.85 bits per heavy atom. The van der Waals surface area contributed by atoms with E-state index in [2.05, 4.69) is 45.9 Å². The van der Waals surface area contributed by atoms with Crippen molar-refractivity contribution in [3.8, 4) is 5.75 Å². The second kappa shape index (κ2) is 6.89. The monoisotopic (exact) mass is 341 g/mol. The number of piperazine rings is 1. The van der Waals surface area contributed by atoms with Crippen LogP contribution in [0.5, 0.6) is 5.75 Å². The minimum Gasteiger partial charge on any atom is -0.496 e. The first-order valence-corrected chi connectivity index (χ1v) is 7.77. The van der Waals surface area contributed by atoms with Crippen LogP contribution in [0.1, 0.15) is 5.56 Å². The lowest BCUT2D eigenvalue weighted by molar-refractivity contribution is 0.0972. The number of methoxy groups -OCH3 is 1. The Balaban J connectivity index is 2.10. The number of likely N-dealkylation sites (N-methyl/N-ethyl adjacent to an activating group) is 2. The molecule has 1 aromatic carbocycles. The van der Waals surface area contributed by atoms with Crippen molar-refractivity contribution in [1.82, 2.24) is 9.80 Å². The van der Waals surface area contributed by atoms with Gasteiger partial charge in [-0.2, -0.15) is 0 Å². The molecule has 4 nitrogen and oxygen atoms in total. The van der Waals surface area contributed by atoms with Crippen molar-refractivity contribution in [2.24, 2.45) is 5.73 Å². The zero-order chi connectivity index (χ0) is 14.7. The Morgan fingerprint density at radius 2 is 2.15 bits per heavy atom. The van der Waals surface area contributed by atoms with Crippen LogP contribution in [0.25, 0.3) is 0 Å². The molecule has 112 valence electrons. The number of nitrogens with two attached hydrogens (primary N) is 1. The van der Waals surface area contributed by atoms with E-state index in [0.29, 0.717) is 6.04 Å². The first-order chi connectivity index (χ1) is 9.51. The summed E-state index contributed by atoms with van der Waals surface area (Å²) in [6.07, 6.45) is 0.825. The summed E-state index contributed by atoms with van der Waals surface area (Å²) in [4.78, 5) is 4.72. The van der Waals surface area contributed by atoms with Gasteiger partial charge in [-0.15, -0.1) is 0 Å². The molecule has 2 unspecified atom stereocenters. The first-order valence-electron chi connectivity index (χ1n) is 6.98. The summed E-state index contributed by atoms with van der Waals surface area (Å²) in [7, 11) is 6.03. The third kappa shape index (κ3) is 3.73. The molecule has 1 saturated heterocycles. The number of hydrogen-bond acceptors (Lipinski definition) is 4. The Morgan fingerprint density at radius 1 is 1.40 bits per heavy atom. The molecule has 2 N–H and O–H groups in total. The lowest BCUT2D eigenvalue weighted by atomic mass is 9.97. The second-order valence-corrected chi connectivity index (χ2v) is 6.55. The van der Waals surface area contributed by atoms with Gasteiger partial charge >= 0.3 is 0 Å². The standard InChI is InChI=1S/C15H24BrN3O/c1-18-6-7-19(2)14(10-18)13(17)9-11-8-12(16)4-5-15(11)20-3/h4-5,8,13-14H,6-7,9-10,17H2,1-3H3. The number of ether oxygens (including phenoxy) is 1. The molecule has 0 aliphatic carbocycles. The number of rotatable bonds is 4. The minimum absolute atomic E-state index is 0.103. The van der Waals surface area contributed by atoms with Crippen molar-refractivity contribution >= 4 is 15.9 Å².